The molecule has 0 bridgehead atoms. The second kappa shape index (κ2) is 6.77. The Bertz CT molecular complexity index is 1010. The molecule has 0 amide bonds. The molecule has 7 heteroatoms. The number of hydrogen-bond donors (Lipinski definition) is 1. The van der Waals surface area contributed by atoms with E-state index in [1.54, 1.807) is 18.8 Å². The SMILES string of the molecule is c1cncc(CN2CCc3[nH]cnc3C2c2cnc(-c3ccco3)nc2)c1. The number of hydrogen-bond acceptors (Lipinski definition) is 6. The maximum absolute atomic E-state index is 5.39. The fourth-order valence-corrected chi connectivity index (χ4v) is 3.60. The Morgan fingerprint density at radius 3 is 2.81 bits per heavy atom. The molecule has 0 spiro atoms. The van der Waals surface area contributed by atoms with Crippen LogP contribution >= 0.6 is 0 Å². The van der Waals surface area contributed by atoms with E-state index in [9.17, 15) is 0 Å². The van der Waals surface area contributed by atoms with Crippen LogP contribution in [-0.2, 0) is 13.0 Å². The first-order chi connectivity index (χ1) is 13.4. The van der Waals surface area contributed by atoms with Crippen LogP contribution in [0.5, 0.6) is 0 Å². The maximum Gasteiger partial charge on any atom is 0.195 e. The highest BCUT2D eigenvalue weighted by atomic mass is 16.3. The second-order valence-corrected chi connectivity index (χ2v) is 6.57. The Hall–Kier alpha value is -3.32. The fraction of sp³-hybridized carbons (Fsp3) is 0.200. The lowest BCUT2D eigenvalue weighted by atomic mass is 9.97. The summed E-state index contributed by atoms with van der Waals surface area (Å²) in [6, 6.07) is 7.76. The largest absolute Gasteiger partial charge is 0.461 e. The van der Waals surface area contributed by atoms with Gasteiger partial charge in [0.05, 0.1) is 24.3 Å². The van der Waals surface area contributed by atoms with Crippen molar-refractivity contribution in [1.29, 1.82) is 0 Å². The first-order valence-corrected chi connectivity index (χ1v) is 8.89. The molecular formula is C20H18N6O. The molecule has 0 saturated heterocycles. The summed E-state index contributed by atoms with van der Waals surface area (Å²) in [6.07, 6.45) is 11.8. The number of imidazole rings is 1. The van der Waals surface area contributed by atoms with Crippen LogP contribution in [0, 0.1) is 0 Å². The van der Waals surface area contributed by atoms with Gasteiger partial charge < -0.3 is 9.40 Å². The van der Waals surface area contributed by atoms with Crippen molar-refractivity contribution in [1.82, 2.24) is 29.8 Å². The van der Waals surface area contributed by atoms with E-state index in [4.69, 9.17) is 4.42 Å². The summed E-state index contributed by atoms with van der Waals surface area (Å²) in [4.78, 5) is 23.5. The van der Waals surface area contributed by atoms with Gasteiger partial charge in [0, 0.05) is 55.6 Å². The number of pyridine rings is 1. The highest BCUT2D eigenvalue weighted by Crippen LogP contribution is 2.34. The maximum atomic E-state index is 5.39. The molecule has 1 atom stereocenters. The standard InChI is InChI=1S/C20H18N6O/c1-3-14(9-21-6-1)12-26-7-5-16-18(25-13-24-16)19(26)15-10-22-20(23-11-15)17-4-2-8-27-17/h1-4,6,8-11,13,19H,5,7,12H2,(H,24,25). The van der Waals surface area contributed by atoms with E-state index in [0.717, 1.165) is 30.8 Å². The lowest BCUT2D eigenvalue weighted by Gasteiger charge is -2.34. The molecule has 1 aliphatic rings. The summed E-state index contributed by atoms with van der Waals surface area (Å²) in [5.74, 6) is 1.25. The predicted octanol–water partition coefficient (Wildman–Crippen LogP) is 3.00. The van der Waals surface area contributed by atoms with E-state index in [-0.39, 0.29) is 6.04 Å². The molecule has 0 saturated carbocycles. The summed E-state index contributed by atoms with van der Waals surface area (Å²) in [6.45, 7) is 1.72. The van der Waals surface area contributed by atoms with E-state index < -0.39 is 0 Å². The molecule has 0 aromatic carbocycles. The third kappa shape index (κ3) is 3.02. The number of furan rings is 1. The van der Waals surface area contributed by atoms with Gasteiger partial charge in [-0.3, -0.25) is 9.88 Å². The molecule has 5 heterocycles. The molecule has 4 aromatic heterocycles. The van der Waals surface area contributed by atoms with Crippen LogP contribution in [0.15, 0.2) is 66.1 Å². The Morgan fingerprint density at radius 2 is 2.04 bits per heavy atom. The van der Waals surface area contributed by atoms with Gasteiger partial charge in [0.2, 0.25) is 0 Å². The number of aromatic nitrogens is 5. The van der Waals surface area contributed by atoms with Crippen molar-refractivity contribution in [2.24, 2.45) is 0 Å². The summed E-state index contributed by atoms with van der Waals surface area (Å²) < 4.78 is 5.39. The summed E-state index contributed by atoms with van der Waals surface area (Å²) in [5, 5.41) is 0. The minimum atomic E-state index is 0.00542. The lowest BCUT2D eigenvalue weighted by molar-refractivity contribution is 0.199. The van der Waals surface area contributed by atoms with Gasteiger partial charge in [-0.25, -0.2) is 15.0 Å². The zero-order chi connectivity index (χ0) is 18.1. The first-order valence-electron chi connectivity index (χ1n) is 8.89. The van der Waals surface area contributed by atoms with E-state index in [0.29, 0.717) is 11.6 Å². The van der Waals surface area contributed by atoms with Gasteiger partial charge in [0.15, 0.2) is 11.6 Å². The van der Waals surface area contributed by atoms with Gasteiger partial charge in [-0.05, 0) is 23.8 Å². The number of rotatable bonds is 4. The van der Waals surface area contributed by atoms with Crippen LogP contribution in [0.2, 0.25) is 0 Å². The van der Waals surface area contributed by atoms with Crippen molar-refractivity contribution < 1.29 is 4.42 Å². The Labute approximate surface area is 156 Å². The van der Waals surface area contributed by atoms with Gasteiger partial charge in [-0.1, -0.05) is 6.07 Å². The molecule has 0 fully saturated rings. The summed E-state index contributed by atoms with van der Waals surface area (Å²) >= 11 is 0. The van der Waals surface area contributed by atoms with Gasteiger partial charge in [0.25, 0.3) is 0 Å². The third-order valence-electron chi connectivity index (χ3n) is 4.86. The van der Waals surface area contributed by atoms with Crippen LogP contribution < -0.4 is 0 Å². The molecule has 0 aliphatic carbocycles. The van der Waals surface area contributed by atoms with Crippen LogP contribution in [-0.4, -0.2) is 36.4 Å². The molecule has 1 N–H and O–H groups in total. The zero-order valence-corrected chi connectivity index (χ0v) is 14.6. The molecule has 1 unspecified atom stereocenters. The van der Waals surface area contributed by atoms with Crippen molar-refractivity contribution in [3.8, 4) is 11.6 Å². The molecule has 7 nitrogen and oxygen atoms in total. The quantitative estimate of drug-likeness (QED) is 0.604. The van der Waals surface area contributed by atoms with Crippen LogP contribution in [0.4, 0.5) is 0 Å². The normalized spacial score (nSPS) is 17.0. The first kappa shape index (κ1) is 15.9. The molecule has 1 aliphatic heterocycles. The van der Waals surface area contributed by atoms with Gasteiger partial charge in [0.1, 0.15) is 0 Å². The van der Waals surface area contributed by atoms with Crippen molar-refractivity contribution in [3.63, 3.8) is 0 Å². The smallest absolute Gasteiger partial charge is 0.195 e. The van der Waals surface area contributed by atoms with E-state index >= 15 is 0 Å². The van der Waals surface area contributed by atoms with Crippen LogP contribution in [0.3, 0.4) is 0 Å². The molecule has 4 aromatic rings. The van der Waals surface area contributed by atoms with Gasteiger partial charge in [-0.15, -0.1) is 0 Å². The highest BCUT2D eigenvalue weighted by Gasteiger charge is 2.31. The molecule has 27 heavy (non-hydrogen) atoms. The molecule has 0 radical (unpaired) electrons. The second-order valence-electron chi connectivity index (χ2n) is 6.57. The number of nitrogens with zero attached hydrogens (tertiary/aromatic N) is 5. The molecule has 5 rings (SSSR count). The number of fused-ring (bicyclic) bond motifs is 1. The van der Waals surface area contributed by atoms with Crippen molar-refractivity contribution in [2.45, 2.75) is 19.0 Å². The number of nitrogens with one attached hydrogen (secondary N) is 1. The van der Waals surface area contributed by atoms with E-state index in [1.165, 1.54) is 11.3 Å². The fourth-order valence-electron chi connectivity index (χ4n) is 3.60. The van der Waals surface area contributed by atoms with E-state index in [2.05, 4.69) is 35.9 Å². The highest BCUT2D eigenvalue weighted by molar-refractivity contribution is 5.46. The average molecular weight is 358 g/mol. The van der Waals surface area contributed by atoms with Crippen LogP contribution in [0.1, 0.15) is 28.6 Å². The monoisotopic (exact) mass is 358 g/mol. The number of aromatic amines is 1. The summed E-state index contributed by atoms with van der Waals surface area (Å²) in [7, 11) is 0. The van der Waals surface area contributed by atoms with Crippen molar-refractivity contribution in [2.75, 3.05) is 6.54 Å². The van der Waals surface area contributed by atoms with Crippen LogP contribution in [0.25, 0.3) is 11.6 Å². The lowest BCUT2D eigenvalue weighted by Crippen LogP contribution is -2.36. The Kier molecular flexibility index (Phi) is 3.99. The van der Waals surface area contributed by atoms with Gasteiger partial charge in [-0.2, -0.15) is 0 Å². The molecule has 134 valence electrons. The van der Waals surface area contributed by atoms with Crippen molar-refractivity contribution >= 4 is 0 Å². The predicted molar refractivity (Wildman–Crippen MR) is 98.5 cm³/mol. The minimum Gasteiger partial charge on any atom is -0.461 e. The topological polar surface area (TPSA) is 83.7 Å². The Balaban J connectivity index is 1.50. The number of H-pyrrole nitrogens is 1. The van der Waals surface area contributed by atoms with E-state index in [1.807, 2.05) is 36.8 Å². The third-order valence-corrected chi connectivity index (χ3v) is 4.86. The Morgan fingerprint density at radius 1 is 1.11 bits per heavy atom. The van der Waals surface area contributed by atoms with Crippen molar-refractivity contribution in [3.05, 3.63) is 84.2 Å². The minimum absolute atomic E-state index is 0.00542. The zero-order valence-electron chi connectivity index (χ0n) is 14.6. The van der Waals surface area contributed by atoms with Gasteiger partial charge >= 0.3 is 0 Å². The summed E-state index contributed by atoms with van der Waals surface area (Å²) in [5.41, 5.74) is 4.41. The molecular weight excluding hydrogens is 340 g/mol. The average Bonchev–Trinajstić information content (AvgIpc) is 3.41.